The van der Waals surface area contributed by atoms with Crippen molar-refractivity contribution < 1.29 is 0 Å². The number of benzene rings is 2. The van der Waals surface area contributed by atoms with Crippen LogP contribution in [-0.4, -0.2) is 0 Å². The third-order valence-corrected chi connectivity index (χ3v) is 4.12. The van der Waals surface area contributed by atoms with Crippen molar-refractivity contribution in [3.63, 3.8) is 0 Å². The van der Waals surface area contributed by atoms with Gasteiger partial charge in [-0.25, -0.2) is 0 Å². The van der Waals surface area contributed by atoms with Crippen molar-refractivity contribution in [1.29, 1.82) is 0 Å². The minimum Gasteiger partial charge on any atom is -0.324 e. The van der Waals surface area contributed by atoms with E-state index in [1.165, 1.54) is 26.5 Å². The Hall–Kier alpha value is -1.25. The van der Waals surface area contributed by atoms with Crippen LogP contribution in [0.25, 0.3) is 0 Å². The van der Waals surface area contributed by atoms with Crippen LogP contribution in [0.3, 0.4) is 0 Å². The van der Waals surface area contributed by atoms with Gasteiger partial charge in [-0.15, -0.1) is 0 Å². The van der Waals surface area contributed by atoms with Crippen molar-refractivity contribution >= 4 is 11.8 Å². The van der Waals surface area contributed by atoms with Crippen LogP contribution >= 0.6 is 11.8 Å². The maximum atomic E-state index is 5.85. The molecule has 2 aromatic carbocycles. The first kappa shape index (κ1) is 13.2. The normalized spacial score (nSPS) is 12.4. The first-order valence-electron chi connectivity index (χ1n) is 6.17. The molecule has 1 atom stereocenters. The van der Waals surface area contributed by atoms with Gasteiger partial charge in [0, 0.05) is 15.8 Å². The van der Waals surface area contributed by atoms with E-state index in [0.717, 1.165) is 0 Å². The molecule has 2 rings (SSSR count). The zero-order valence-electron chi connectivity index (χ0n) is 11.1. The molecule has 0 saturated carbocycles. The molecule has 0 bridgehead atoms. The first-order chi connectivity index (χ1) is 8.56. The molecule has 0 fully saturated rings. The summed E-state index contributed by atoms with van der Waals surface area (Å²) >= 11 is 1.79. The molecule has 0 aliphatic carbocycles. The van der Waals surface area contributed by atoms with Crippen LogP contribution in [0.4, 0.5) is 0 Å². The van der Waals surface area contributed by atoms with E-state index in [2.05, 4.69) is 56.3 Å². The molecule has 2 aromatic rings. The maximum Gasteiger partial charge on any atom is 0.0266 e. The van der Waals surface area contributed by atoms with Gasteiger partial charge in [-0.3, -0.25) is 0 Å². The topological polar surface area (TPSA) is 26.0 Å². The molecule has 1 nitrogen and oxygen atoms in total. The van der Waals surface area contributed by atoms with Crippen molar-refractivity contribution in [2.75, 3.05) is 0 Å². The highest BCUT2D eigenvalue weighted by atomic mass is 32.2. The van der Waals surface area contributed by atoms with E-state index in [0.29, 0.717) is 0 Å². The predicted octanol–water partition coefficient (Wildman–Crippen LogP) is 4.47. The van der Waals surface area contributed by atoms with Crippen LogP contribution in [-0.2, 0) is 0 Å². The number of aryl methyl sites for hydroxylation is 2. The summed E-state index contributed by atoms with van der Waals surface area (Å²) in [4.78, 5) is 2.54. The molecule has 0 heterocycles. The second-order valence-electron chi connectivity index (χ2n) is 4.71. The van der Waals surface area contributed by atoms with Crippen LogP contribution in [0, 0.1) is 13.8 Å². The number of rotatable bonds is 3. The number of nitrogens with two attached hydrogens (primary N) is 1. The number of hydrogen-bond acceptors (Lipinski definition) is 2. The smallest absolute Gasteiger partial charge is 0.0266 e. The molecule has 0 spiro atoms. The minimum absolute atomic E-state index is 0.102. The molecular formula is C16H19NS. The molecule has 0 aliphatic rings. The minimum atomic E-state index is 0.102. The molecule has 0 aliphatic heterocycles. The lowest BCUT2D eigenvalue weighted by Gasteiger charge is -2.08. The van der Waals surface area contributed by atoms with Gasteiger partial charge in [-0.1, -0.05) is 30.0 Å². The van der Waals surface area contributed by atoms with Gasteiger partial charge in [-0.2, -0.15) is 0 Å². The summed E-state index contributed by atoms with van der Waals surface area (Å²) in [6, 6.07) is 15.2. The fourth-order valence-corrected chi connectivity index (χ4v) is 2.67. The summed E-state index contributed by atoms with van der Waals surface area (Å²) in [5.41, 5.74) is 9.71. The van der Waals surface area contributed by atoms with Gasteiger partial charge in [0.25, 0.3) is 0 Å². The van der Waals surface area contributed by atoms with E-state index in [1.807, 2.05) is 6.92 Å². The molecule has 94 valence electrons. The van der Waals surface area contributed by atoms with Crippen molar-refractivity contribution in [3.8, 4) is 0 Å². The molecule has 0 aromatic heterocycles. The van der Waals surface area contributed by atoms with Crippen molar-refractivity contribution in [2.45, 2.75) is 36.6 Å². The molecule has 2 N–H and O–H groups in total. The molecule has 18 heavy (non-hydrogen) atoms. The molecule has 0 saturated heterocycles. The Bertz CT molecular complexity index is 529. The third-order valence-electron chi connectivity index (χ3n) is 3.12. The highest BCUT2D eigenvalue weighted by Crippen LogP contribution is 2.29. The molecule has 0 unspecified atom stereocenters. The monoisotopic (exact) mass is 257 g/mol. The largest absolute Gasteiger partial charge is 0.324 e. The third kappa shape index (κ3) is 3.15. The summed E-state index contributed by atoms with van der Waals surface area (Å²) in [5, 5.41) is 0. The van der Waals surface area contributed by atoms with Gasteiger partial charge in [0.15, 0.2) is 0 Å². The highest BCUT2D eigenvalue weighted by Gasteiger charge is 2.02. The summed E-state index contributed by atoms with van der Waals surface area (Å²) in [5.74, 6) is 0. The second kappa shape index (κ2) is 5.59. The standard InChI is InChI=1S/C16H19NS/c1-11-4-7-16(10-12(11)2)18-15-8-5-14(6-9-15)13(3)17/h4-10,13H,17H2,1-3H3/t13-/m1/s1. The molecular weight excluding hydrogens is 238 g/mol. The Morgan fingerprint density at radius 1 is 0.889 bits per heavy atom. The van der Waals surface area contributed by atoms with Gasteiger partial charge < -0.3 is 5.73 Å². The Morgan fingerprint density at radius 2 is 1.50 bits per heavy atom. The zero-order valence-corrected chi connectivity index (χ0v) is 11.9. The van der Waals surface area contributed by atoms with E-state index in [1.54, 1.807) is 11.8 Å². The predicted molar refractivity (Wildman–Crippen MR) is 79.1 cm³/mol. The summed E-state index contributed by atoms with van der Waals surface area (Å²) < 4.78 is 0. The van der Waals surface area contributed by atoms with Crippen LogP contribution in [0.2, 0.25) is 0 Å². The Kier molecular flexibility index (Phi) is 4.10. The fourth-order valence-electron chi connectivity index (χ4n) is 1.75. The van der Waals surface area contributed by atoms with Gasteiger partial charge >= 0.3 is 0 Å². The summed E-state index contributed by atoms with van der Waals surface area (Å²) in [7, 11) is 0. The average molecular weight is 257 g/mol. The number of hydrogen-bond donors (Lipinski definition) is 1. The lowest BCUT2D eigenvalue weighted by molar-refractivity contribution is 0.817. The lowest BCUT2D eigenvalue weighted by atomic mass is 10.1. The zero-order chi connectivity index (χ0) is 13.1. The Balaban J connectivity index is 2.15. The van der Waals surface area contributed by atoms with Crippen LogP contribution in [0.15, 0.2) is 52.3 Å². The van der Waals surface area contributed by atoms with E-state index in [-0.39, 0.29) is 6.04 Å². The molecule has 0 amide bonds. The quantitative estimate of drug-likeness (QED) is 0.877. The van der Waals surface area contributed by atoms with Crippen LogP contribution in [0.5, 0.6) is 0 Å². The Labute approximate surface area is 113 Å². The van der Waals surface area contributed by atoms with E-state index >= 15 is 0 Å². The first-order valence-corrected chi connectivity index (χ1v) is 6.98. The highest BCUT2D eigenvalue weighted by molar-refractivity contribution is 7.99. The van der Waals surface area contributed by atoms with E-state index < -0.39 is 0 Å². The van der Waals surface area contributed by atoms with E-state index in [4.69, 9.17) is 5.73 Å². The van der Waals surface area contributed by atoms with Gasteiger partial charge in [0.05, 0.1) is 0 Å². The van der Waals surface area contributed by atoms with Crippen LogP contribution < -0.4 is 5.73 Å². The Morgan fingerprint density at radius 3 is 2.06 bits per heavy atom. The second-order valence-corrected chi connectivity index (χ2v) is 5.85. The molecule has 0 radical (unpaired) electrons. The van der Waals surface area contributed by atoms with Crippen molar-refractivity contribution in [1.82, 2.24) is 0 Å². The van der Waals surface area contributed by atoms with Gasteiger partial charge in [-0.05, 0) is 61.7 Å². The fraction of sp³-hybridized carbons (Fsp3) is 0.250. The van der Waals surface area contributed by atoms with Gasteiger partial charge in [0.2, 0.25) is 0 Å². The summed E-state index contributed by atoms with van der Waals surface area (Å²) in [6.45, 7) is 6.30. The van der Waals surface area contributed by atoms with Crippen molar-refractivity contribution in [2.24, 2.45) is 5.73 Å². The lowest BCUT2D eigenvalue weighted by Crippen LogP contribution is -2.04. The van der Waals surface area contributed by atoms with Gasteiger partial charge in [0.1, 0.15) is 0 Å². The summed E-state index contributed by atoms with van der Waals surface area (Å²) in [6.07, 6.45) is 0. The molecule has 2 heteroatoms. The SMILES string of the molecule is Cc1ccc(Sc2ccc([C@@H](C)N)cc2)cc1C. The average Bonchev–Trinajstić information content (AvgIpc) is 2.34. The van der Waals surface area contributed by atoms with E-state index in [9.17, 15) is 0 Å². The van der Waals surface area contributed by atoms with Crippen molar-refractivity contribution in [3.05, 3.63) is 59.2 Å². The maximum absolute atomic E-state index is 5.85. The van der Waals surface area contributed by atoms with Crippen LogP contribution in [0.1, 0.15) is 29.7 Å².